The second kappa shape index (κ2) is 7.11. The molecule has 1 aliphatic heterocycles. The van der Waals surface area contributed by atoms with Gasteiger partial charge in [0.05, 0.1) is 54.7 Å². The number of hydrogen-bond acceptors (Lipinski definition) is 5. The monoisotopic (exact) mass is 392 g/mol. The van der Waals surface area contributed by atoms with E-state index < -0.39 is 0 Å². The number of aryl methyl sites for hydroxylation is 1. The first-order valence-corrected chi connectivity index (χ1v) is 10.0. The zero-order valence-corrected chi connectivity index (χ0v) is 16.7. The lowest BCUT2D eigenvalue weighted by Gasteiger charge is -2.26. The molecule has 29 heavy (non-hydrogen) atoms. The maximum atomic E-state index is 13.3. The fourth-order valence-corrected chi connectivity index (χ4v) is 3.94. The molecule has 1 fully saturated rings. The van der Waals surface area contributed by atoms with Gasteiger partial charge in [0, 0.05) is 18.9 Å². The minimum atomic E-state index is -0.0399. The van der Waals surface area contributed by atoms with Crippen LogP contribution in [0, 0.1) is 5.92 Å². The average molecular weight is 392 g/mol. The third-order valence-electron chi connectivity index (χ3n) is 5.61. The van der Waals surface area contributed by atoms with E-state index in [0.717, 1.165) is 40.9 Å². The topological polar surface area (TPSA) is 79.8 Å². The lowest BCUT2D eigenvalue weighted by atomic mass is 10.1. The SMILES string of the molecule is CC(C)CCn1c(Cn2c(=O)n(C3COC3)c3ccncc32)nc2cnccc21. The summed E-state index contributed by atoms with van der Waals surface area (Å²) < 4.78 is 11.2. The Bertz CT molecular complexity index is 1230. The average Bonchev–Trinajstić information content (AvgIpc) is 3.16. The van der Waals surface area contributed by atoms with E-state index in [9.17, 15) is 4.79 Å². The molecule has 0 unspecified atom stereocenters. The van der Waals surface area contributed by atoms with Crippen LogP contribution in [0.5, 0.6) is 0 Å². The highest BCUT2D eigenvalue weighted by molar-refractivity contribution is 5.76. The Hall–Kier alpha value is -3.00. The van der Waals surface area contributed by atoms with Gasteiger partial charge in [-0.2, -0.15) is 0 Å². The molecular formula is C21H24N6O2. The van der Waals surface area contributed by atoms with Crippen LogP contribution in [0.2, 0.25) is 0 Å². The summed E-state index contributed by atoms with van der Waals surface area (Å²) in [4.78, 5) is 26.6. The van der Waals surface area contributed by atoms with Crippen LogP contribution in [0.3, 0.4) is 0 Å². The number of hydrogen-bond donors (Lipinski definition) is 0. The van der Waals surface area contributed by atoms with Gasteiger partial charge in [-0.05, 0) is 24.5 Å². The van der Waals surface area contributed by atoms with Crippen LogP contribution in [0.4, 0.5) is 0 Å². The van der Waals surface area contributed by atoms with Gasteiger partial charge < -0.3 is 9.30 Å². The summed E-state index contributed by atoms with van der Waals surface area (Å²) in [6.45, 7) is 6.82. The van der Waals surface area contributed by atoms with Crippen LogP contribution >= 0.6 is 0 Å². The van der Waals surface area contributed by atoms with Crippen molar-refractivity contribution >= 4 is 22.1 Å². The zero-order chi connectivity index (χ0) is 20.0. The maximum Gasteiger partial charge on any atom is 0.329 e. The normalized spacial score (nSPS) is 14.9. The first kappa shape index (κ1) is 18.1. The highest BCUT2D eigenvalue weighted by atomic mass is 16.5. The predicted molar refractivity (Wildman–Crippen MR) is 110 cm³/mol. The molecule has 0 spiro atoms. The van der Waals surface area contributed by atoms with Gasteiger partial charge in [0.25, 0.3) is 0 Å². The summed E-state index contributed by atoms with van der Waals surface area (Å²) in [5.74, 6) is 1.44. The molecule has 4 aromatic rings. The second-order valence-electron chi connectivity index (χ2n) is 8.02. The first-order chi connectivity index (χ1) is 14.1. The summed E-state index contributed by atoms with van der Waals surface area (Å²) in [5.41, 5.74) is 3.59. The number of pyridine rings is 2. The third kappa shape index (κ3) is 3.04. The Kier molecular flexibility index (Phi) is 4.43. The highest BCUT2D eigenvalue weighted by Gasteiger charge is 2.27. The van der Waals surface area contributed by atoms with E-state index in [1.807, 2.05) is 16.7 Å². The van der Waals surface area contributed by atoms with E-state index in [1.165, 1.54) is 0 Å². The molecule has 150 valence electrons. The largest absolute Gasteiger partial charge is 0.377 e. The number of nitrogens with zero attached hydrogens (tertiary/aromatic N) is 6. The molecule has 8 heteroatoms. The summed E-state index contributed by atoms with van der Waals surface area (Å²) in [5, 5.41) is 0. The summed E-state index contributed by atoms with van der Waals surface area (Å²) >= 11 is 0. The molecule has 0 N–H and O–H groups in total. The summed E-state index contributed by atoms with van der Waals surface area (Å²) in [6, 6.07) is 3.97. The smallest absolute Gasteiger partial charge is 0.329 e. The predicted octanol–water partition coefficient (Wildman–Crippen LogP) is 2.61. The van der Waals surface area contributed by atoms with E-state index in [-0.39, 0.29) is 11.7 Å². The highest BCUT2D eigenvalue weighted by Crippen LogP contribution is 2.23. The van der Waals surface area contributed by atoms with Crippen LogP contribution in [-0.4, -0.2) is 41.9 Å². The fraction of sp³-hybridized carbons (Fsp3) is 0.429. The maximum absolute atomic E-state index is 13.3. The van der Waals surface area contributed by atoms with Crippen molar-refractivity contribution < 1.29 is 4.74 Å². The molecule has 0 aromatic carbocycles. The second-order valence-corrected chi connectivity index (χ2v) is 8.02. The van der Waals surface area contributed by atoms with Crippen molar-refractivity contribution in [2.45, 2.75) is 39.4 Å². The molecule has 5 heterocycles. The molecule has 0 bridgehead atoms. The Labute approximate surface area is 167 Å². The van der Waals surface area contributed by atoms with Gasteiger partial charge in [0.1, 0.15) is 11.3 Å². The summed E-state index contributed by atoms with van der Waals surface area (Å²) in [7, 11) is 0. The van der Waals surface area contributed by atoms with E-state index in [0.29, 0.717) is 25.7 Å². The molecule has 4 aromatic heterocycles. The molecule has 0 aliphatic carbocycles. The lowest BCUT2D eigenvalue weighted by Crippen LogP contribution is -2.38. The number of aromatic nitrogens is 6. The molecule has 0 atom stereocenters. The van der Waals surface area contributed by atoms with Crippen molar-refractivity contribution in [1.82, 2.24) is 28.7 Å². The van der Waals surface area contributed by atoms with Gasteiger partial charge in [-0.3, -0.25) is 19.1 Å². The van der Waals surface area contributed by atoms with Crippen LogP contribution < -0.4 is 5.69 Å². The standard InChI is InChI=1S/C21H24N6O2/c1-14(2)5-8-25-17-3-6-22-9-16(17)24-20(25)11-26-19-10-23-7-4-18(19)27(21(26)28)15-12-29-13-15/h3-4,6-7,9-10,14-15H,5,8,11-13H2,1-2H3. The van der Waals surface area contributed by atoms with Gasteiger partial charge in [0.15, 0.2) is 0 Å². The van der Waals surface area contributed by atoms with E-state index in [4.69, 9.17) is 9.72 Å². The molecule has 0 radical (unpaired) electrons. The molecular weight excluding hydrogens is 368 g/mol. The summed E-state index contributed by atoms with van der Waals surface area (Å²) in [6.07, 6.45) is 8.10. The minimum absolute atomic E-state index is 0.0399. The lowest BCUT2D eigenvalue weighted by molar-refractivity contribution is -0.0231. The quantitative estimate of drug-likeness (QED) is 0.504. The first-order valence-electron chi connectivity index (χ1n) is 10.0. The van der Waals surface area contributed by atoms with Crippen LogP contribution in [0.1, 0.15) is 32.1 Å². The number of rotatable bonds is 6. The van der Waals surface area contributed by atoms with Crippen molar-refractivity contribution in [2.75, 3.05) is 13.2 Å². The van der Waals surface area contributed by atoms with Crippen molar-refractivity contribution in [1.29, 1.82) is 0 Å². The van der Waals surface area contributed by atoms with Crippen LogP contribution in [-0.2, 0) is 17.8 Å². The molecule has 0 saturated carbocycles. The third-order valence-corrected chi connectivity index (χ3v) is 5.61. The van der Waals surface area contributed by atoms with Gasteiger partial charge in [-0.1, -0.05) is 13.8 Å². The van der Waals surface area contributed by atoms with Gasteiger partial charge >= 0.3 is 5.69 Å². The number of ether oxygens (including phenoxy) is 1. The number of fused-ring (bicyclic) bond motifs is 2. The Morgan fingerprint density at radius 2 is 1.83 bits per heavy atom. The van der Waals surface area contributed by atoms with Gasteiger partial charge in [-0.15, -0.1) is 0 Å². The van der Waals surface area contributed by atoms with E-state index in [2.05, 4.69) is 28.4 Å². The number of imidazole rings is 2. The fourth-order valence-electron chi connectivity index (χ4n) is 3.94. The Morgan fingerprint density at radius 3 is 2.55 bits per heavy atom. The van der Waals surface area contributed by atoms with Crippen molar-refractivity contribution in [3.8, 4) is 0 Å². The van der Waals surface area contributed by atoms with E-state index in [1.54, 1.807) is 29.4 Å². The van der Waals surface area contributed by atoms with Gasteiger partial charge in [0.2, 0.25) is 0 Å². The molecule has 1 aliphatic rings. The van der Waals surface area contributed by atoms with Crippen LogP contribution in [0.15, 0.2) is 41.7 Å². The Balaban J connectivity index is 1.63. The van der Waals surface area contributed by atoms with Crippen molar-refractivity contribution in [2.24, 2.45) is 5.92 Å². The molecule has 8 nitrogen and oxygen atoms in total. The van der Waals surface area contributed by atoms with Gasteiger partial charge in [-0.25, -0.2) is 9.78 Å². The molecule has 1 saturated heterocycles. The van der Waals surface area contributed by atoms with Crippen molar-refractivity contribution in [3.63, 3.8) is 0 Å². The molecule has 0 amide bonds. The Morgan fingerprint density at radius 1 is 1.07 bits per heavy atom. The minimum Gasteiger partial charge on any atom is -0.377 e. The van der Waals surface area contributed by atoms with Crippen LogP contribution in [0.25, 0.3) is 22.1 Å². The zero-order valence-electron chi connectivity index (χ0n) is 16.7. The molecule has 5 rings (SSSR count). The van der Waals surface area contributed by atoms with E-state index >= 15 is 0 Å². The van der Waals surface area contributed by atoms with Crippen molar-refractivity contribution in [3.05, 3.63) is 53.2 Å².